The Hall–Kier alpha value is -2.26. The summed E-state index contributed by atoms with van der Waals surface area (Å²) < 4.78 is 2.63. The fraction of sp³-hybridized carbons (Fsp3) is 0.211. The topological polar surface area (TPSA) is 61.0 Å². The number of nitro groups is 1. The van der Waals surface area contributed by atoms with Gasteiger partial charge in [0.1, 0.15) is 12.2 Å². The molecule has 0 N–H and O–H groups in total. The molecular weight excluding hydrogens is 443 g/mol. The van der Waals surface area contributed by atoms with Crippen molar-refractivity contribution < 1.29 is 33.4 Å². The fourth-order valence-corrected chi connectivity index (χ4v) is 2.73. The third-order valence-corrected chi connectivity index (χ3v) is 3.81. The Morgan fingerprint density at radius 3 is 2.19 bits per heavy atom. The number of rotatable bonds is 5. The van der Waals surface area contributed by atoms with Gasteiger partial charge >= 0.3 is 0 Å². The molecule has 6 nitrogen and oxygen atoms in total. The first-order valence-corrected chi connectivity index (χ1v) is 8.03. The summed E-state index contributed by atoms with van der Waals surface area (Å²) in [6.45, 7) is 0.805. The maximum atomic E-state index is 10.9. The molecule has 1 aromatic heterocycles. The van der Waals surface area contributed by atoms with Crippen LogP contribution in [0.3, 0.4) is 0 Å². The molecule has 2 aromatic carbocycles. The van der Waals surface area contributed by atoms with Crippen molar-refractivity contribution in [3.05, 3.63) is 76.5 Å². The first-order chi connectivity index (χ1) is 11.8. The van der Waals surface area contributed by atoms with Crippen LogP contribution in [0.5, 0.6) is 0 Å². The molecule has 0 unspecified atom stereocenters. The van der Waals surface area contributed by atoms with Crippen LogP contribution >= 0.6 is 0 Å². The van der Waals surface area contributed by atoms with E-state index in [2.05, 4.69) is 21.1 Å². The summed E-state index contributed by atoms with van der Waals surface area (Å²) in [5, 5.41) is 15.6. The lowest BCUT2D eigenvalue weighted by Gasteiger charge is -2.23. The van der Waals surface area contributed by atoms with E-state index in [0.717, 1.165) is 33.5 Å². The third-order valence-electron chi connectivity index (χ3n) is 3.81. The second-order valence-corrected chi connectivity index (χ2v) is 7.04. The largest absolute Gasteiger partial charge is 1.00 e. The average Bonchev–Trinajstić information content (AvgIpc) is 2.97. The van der Waals surface area contributed by atoms with E-state index in [1.807, 2.05) is 41.2 Å². The highest BCUT2D eigenvalue weighted by Gasteiger charge is 2.19. The van der Waals surface area contributed by atoms with Crippen molar-refractivity contribution in [2.24, 2.45) is 0 Å². The van der Waals surface area contributed by atoms with Crippen LogP contribution in [0.4, 0.5) is 5.69 Å². The number of nitro benzene ring substituents is 1. The molecule has 26 heavy (non-hydrogen) atoms. The van der Waals surface area contributed by atoms with E-state index >= 15 is 0 Å². The van der Waals surface area contributed by atoms with Gasteiger partial charge in [0.2, 0.25) is 0 Å². The van der Waals surface area contributed by atoms with Gasteiger partial charge in [-0.05, 0) is 24.3 Å². The van der Waals surface area contributed by atoms with E-state index < -0.39 is 0 Å². The summed E-state index contributed by atoms with van der Waals surface area (Å²) in [5.74, 6) is 0. The number of aromatic nitrogens is 2. The van der Waals surface area contributed by atoms with Crippen molar-refractivity contribution in [1.82, 2.24) is 9.78 Å². The Morgan fingerprint density at radius 2 is 1.65 bits per heavy atom. The van der Waals surface area contributed by atoms with Gasteiger partial charge < -0.3 is 28.5 Å². The minimum absolute atomic E-state index is 0. The molecule has 3 rings (SSSR count). The zero-order chi connectivity index (χ0) is 18.0. The van der Waals surface area contributed by atoms with Gasteiger partial charge in [-0.15, -0.1) is 0 Å². The van der Waals surface area contributed by atoms with Crippen LogP contribution in [0.1, 0.15) is 5.56 Å². The van der Waals surface area contributed by atoms with Crippen molar-refractivity contribution in [3.8, 4) is 16.9 Å². The Kier molecular flexibility index (Phi) is 6.14. The molecule has 0 saturated carbocycles. The van der Waals surface area contributed by atoms with E-state index in [1.54, 1.807) is 12.1 Å². The lowest BCUT2D eigenvalue weighted by atomic mass is 10.1. The quantitative estimate of drug-likeness (QED) is 0.241. The molecule has 7 heteroatoms. The smallest absolute Gasteiger partial charge is 0.269 e. The predicted molar refractivity (Wildman–Crippen MR) is 97.4 cm³/mol. The molecule has 0 aliphatic carbocycles. The van der Waals surface area contributed by atoms with Crippen LogP contribution in [0, 0.1) is 10.1 Å². The molecule has 0 aliphatic heterocycles. The molecular formula is C19H21IN4O2. The standard InChI is InChI=1S/C19H21N4O2.HI/c1-23(2,3)14-16-13-21(17-7-5-4-6-8-17)20-19(16)15-9-11-18(12-10-15)22(24)25;/h4-13H,14H2,1-3H3;1H/q+1;/p-1. The van der Waals surface area contributed by atoms with Gasteiger partial charge in [0.25, 0.3) is 5.69 Å². The zero-order valence-corrected chi connectivity index (χ0v) is 17.1. The van der Waals surface area contributed by atoms with Gasteiger partial charge in [-0.2, -0.15) is 5.10 Å². The Morgan fingerprint density at radius 1 is 1.04 bits per heavy atom. The maximum Gasteiger partial charge on any atom is 0.269 e. The summed E-state index contributed by atoms with van der Waals surface area (Å²) in [7, 11) is 6.37. The number of benzene rings is 2. The Bertz CT molecular complexity index is 884. The van der Waals surface area contributed by atoms with Crippen LogP contribution < -0.4 is 24.0 Å². The molecule has 0 aliphatic rings. The fourth-order valence-electron chi connectivity index (χ4n) is 2.73. The predicted octanol–water partition coefficient (Wildman–Crippen LogP) is 0.658. The van der Waals surface area contributed by atoms with Crippen LogP contribution in [0.15, 0.2) is 60.8 Å². The summed E-state index contributed by atoms with van der Waals surface area (Å²) in [6.07, 6.45) is 2.04. The second-order valence-electron chi connectivity index (χ2n) is 7.04. The average molecular weight is 464 g/mol. The van der Waals surface area contributed by atoms with Crippen molar-refractivity contribution in [3.63, 3.8) is 0 Å². The SMILES string of the molecule is C[N+](C)(C)Cc1cn(-c2ccccc2)nc1-c1ccc([N+](=O)[O-])cc1.[I-]. The van der Waals surface area contributed by atoms with E-state index in [9.17, 15) is 10.1 Å². The van der Waals surface area contributed by atoms with Crippen LogP contribution in [-0.4, -0.2) is 40.3 Å². The number of nitrogens with zero attached hydrogens (tertiary/aromatic N) is 4. The van der Waals surface area contributed by atoms with E-state index in [1.165, 1.54) is 12.1 Å². The number of hydrogen-bond donors (Lipinski definition) is 0. The van der Waals surface area contributed by atoms with Gasteiger partial charge in [0.05, 0.1) is 37.3 Å². The number of halogens is 1. The number of hydrogen-bond acceptors (Lipinski definition) is 3. The van der Waals surface area contributed by atoms with Crippen LogP contribution in [0.25, 0.3) is 16.9 Å². The molecule has 0 fully saturated rings. The first kappa shape index (κ1) is 20.1. The van der Waals surface area contributed by atoms with E-state index in [0.29, 0.717) is 0 Å². The molecule has 0 spiro atoms. The van der Waals surface area contributed by atoms with E-state index in [4.69, 9.17) is 5.10 Å². The summed E-state index contributed by atoms with van der Waals surface area (Å²) >= 11 is 0. The van der Waals surface area contributed by atoms with Crippen LogP contribution in [-0.2, 0) is 6.54 Å². The Labute approximate surface area is 169 Å². The minimum Gasteiger partial charge on any atom is -1.00 e. The lowest BCUT2D eigenvalue weighted by Crippen LogP contribution is -3.00. The molecule has 0 bridgehead atoms. The monoisotopic (exact) mass is 464 g/mol. The van der Waals surface area contributed by atoms with Crippen molar-refractivity contribution in [2.45, 2.75) is 6.54 Å². The second kappa shape index (κ2) is 7.96. The normalized spacial score (nSPS) is 11.0. The van der Waals surface area contributed by atoms with Crippen molar-refractivity contribution in [2.75, 3.05) is 21.1 Å². The highest BCUT2D eigenvalue weighted by Crippen LogP contribution is 2.27. The van der Waals surface area contributed by atoms with Crippen LogP contribution in [0.2, 0.25) is 0 Å². The first-order valence-electron chi connectivity index (χ1n) is 8.03. The number of non-ortho nitro benzene ring substituents is 1. The molecule has 3 aromatic rings. The number of para-hydroxylation sites is 1. The van der Waals surface area contributed by atoms with Crippen molar-refractivity contribution in [1.29, 1.82) is 0 Å². The van der Waals surface area contributed by atoms with Gasteiger partial charge in [0.15, 0.2) is 0 Å². The third kappa shape index (κ3) is 4.67. The van der Waals surface area contributed by atoms with Gasteiger partial charge in [-0.25, -0.2) is 4.68 Å². The number of quaternary nitrogens is 1. The molecule has 136 valence electrons. The van der Waals surface area contributed by atoms with Gasteiger partial charge in [0, 0.05) is 23.9 Å². The van der Waals surface area contributed by atoms with Gasteiger partial charge in [-0.3, -0.25) is 10.1 Å². The molecule has 0 atom stereocenters. The zero-order valence-electron chi connectivity index (χ0n) is 15.0. The minimum atomic E-state index is -0.390. The molecule has 0 amide bonds. The molecule has 1 heterocycles. The molecule has 0 radical (unpaired) electrons. The highest BCUT2D eigenvalue weighted by atomic mass is 127. The summed E-state index contributed by atoms with van der Waals surface area (Å²) in [6, 6.07) is 16.5. The Balaban J connectivity index is 0.00000243. The lowest BCUT2D eigenvalue weighted by molar-refractivity contribution is -0.883. The van der Waals surface area contributed by atoms with E-state index in [-0.39, 0.29) is 34.6 Å². The highest BCUT2D eigenvalue weighted by molar-refractivity contribution is 5.64. The van der Waals surface area contributed by atoms with Crippen molar-refractivity contribution >= 4 is 5.69 Å². The van der Waals surface area contributed by atoms with Gasteiger partial charge in [-0.1, -0.05) is 18.2 Å². The summed E-state index contributed by atoms with van der Waals surface area (Å²) in [5.41, 5.74) is 3.90. The summed E-state index contributed by atoms with van der Waals surface area (Å²) in [4.78, 5) is 10.5. The molecule has 0 saturated heterocycles. The maximum absolute atomic E-state index is 10.9.